The molecule has 1 aliphatic heterocycles. The summed E-state index contributed by atoms with van der Waals surface area (Å²) in [6.45, 7) is 9.82. The van der Waals surface area contributed by atoms with Crippen LogP contribution in [0.3, 0.4) is 0 Å². The summed E-state index contributed by atoms with van der Waals surface area (Å²) in [5.41, 5.74) is 7.38. The first-order valence-electron chi connectivity index (χ1n) is 7.63. The van der Waals surface area contributed by atoms with E-state index in [-0.39, 0.29) is 5.54 Å². The van der Waals surface area contributed by atoms with E-state index in [1.54, 1.807) is 0 Å². The molecule has 0 bridgehead atoms. The van der Waals surface area contributed by atoms with Crippen molar-refractivity contribution in [1.29, 1.82) is 0 Å². The molecule has 2 fully saturated rings. The molecule has 1 saturated carbocycles. The van der Waals surface area contributed by atoms with Gasteiger partial charge >= 0.3 is 0 Å². The molecule has 5 heteroatoms. The Hall–Kier alpha value is -0.490. The molecule has 2 aliphatic rings. The fraction of sp³-hybridized carbons (Fsp3) is 0.800. The van der Waals surface area contributed by atoms with Crippen molar-refractivity contribution in [2.24, 2.45) is 5.73 Å². The van der Waals surface area contributed by atoms with Crippen LogP contribution in [0.5, 0.6) is 0 Å². The molecule has 0 atom stereocenters. The minimum atomic E-state index is -0.254. The van der Waals surface area contributed by atoms with Gasteiger partial charge in [0.05, 0.1) is 12.2 Å². The van der Waals surface area contributed by atoms with Crippen LogP contribution in [0.2, 0.25) is 0 Å². The molecule has 1 aromatic heterocycles. The number of piperazine rings is 1. The highest BCUT2D eigenvalue weighted by atomic mass is 32.1. The zero-order chi connectivity index (χ0) is 14.3. The molecular weight excluding hydrogens is 268 g/mol. The Bertz CT molecular complexity index is 465. The topological polar surface area (TPSA) is 45.4 Å². The average molecular weight is 294 g/mol. The highest BCUT2D eigenvalue weighted by molar-refractivity contribution is 7.11. The van der Waals surface area contributed by atoms with Gasteiger partial charge in [-0.05, 0) is 33.7 Å². The maximum absolute atomic E-state index is 6.34. The lowest BCUT2D eigenvalue weighted by atomic mass is 10.0. The maximum atomic E-state index is 6.34. The SMILES string of the molecule is CN1CCN(Cc2nc(C3CC3)c(C(C)(C)N)s2)CC1. The Labute approximate surface area is 126 Å². The molecule has 2 heterocycles. The van der Waals surface area contributed by atoms with Crippen molar-refractivity contribution in [1.82, 2.24) is 14.8 Å². The summed E-state index contributed by atoms with van der Waals surface area (Å²) >= 11 is 1.84. The fourth-order valence-corrected chi connectivity index (χ4v) is 3.94. The summed E-state index contributed by atoms with van der Waals surface area (Å²) in [6.07, 6.45) is 2.58. The molecule has 1 aliphatic carbocycles. The number of rotatable bonds is 4. The van der Waals surface area contributed by atoms with Crippen molar-refractivity contribution in [2.75, 3.05) is 33.2 Å². The van der Waals surface area contributed by atoms with Crippen LogP contribution < -0.4 is 5.73 Å². The number of thiazole rings is 1. The lowest BCUT2D eigenvalue weighted by Crippen LogP contribution is -2.43. The van der Waals surface area contributed by atoms with Gasteiger partial charge in [-0.1, -0.05) is 0 Å². The Kier molecular flexibility index (Phi) is 3.88. The largest absolute Gasteiger partial charge is 0.321 e. The summed E-state index contributed by atoms with van der Waals surface area (Å²) in [7, 11) is 2.20. The Morgan fingerprint density at radius 3 is 2.45 bits per heavy atom. The number of aromatic nitrogens is 1. The van der Waals surface area contributed by atoms with E-state index >= 15 is 0 Å². The predicted octanol–water partition coefficient (Wildman–Crippen LogP) is 1.96. The minimum absolute atomic E-state index is 0.254. The van der Waals surface area contributed by atoms with Crippen molar-refractivity contribution in [3.63, 3.8) is 0 Å². The number of hydrogen-bond acceptors (Lipinski definition) is 5. The van der Waals surface area contributed by atoms with Gasteiger partial charge < -0.3 is 10.6 Å². The second-order valence-corrected chi connectivity index (χ2v) is 7.98. The molecule has 4 nitrogen and oxygen atoms in total. The lowest BCUT2D eigenvalue weighted by molar-refractivity contribution is 0.148. The van der Waals surface area contributed by atoms with Crippen LogP contribution in [0.25, 0.3) is 0 Å². The molecule has 0 radical (unpaired) electrons. The average Bonchev–Trinajstić information content (AvgIpc) is 3.12. The van der Waals surface area contributed by atoms with E-state index in [1.807, 2.05) is 11.3 Å². The van der Waals surface area contributed by atoms with Gasteiger partial charge in [0.2, 0.25) is 0 Å². The highest BCUT2D eigenvalue weighted by Gasteiger charge is 2.34. The van der Waals surface area contributed by atoms with Gasteiger partial charge in [-0.2, -0.15) is 0 Å². The zero-order valence-corrected chi connectivity index (χ0v) is 13.7. The predicted molar refractivity (Wildman–Crippen MR) is 84.1 cm³/mol. The molecule has 1 aromatic rings. The van der Waals surface area contributed by atoms with Crippen molar-refractivity contribution >= 4 is 11.3 Å². The van der Waals surface area contributed by atoms with Crippen LogP contribution >= 0.6 is 11.3 Å². The van der Waals surface area contributed by atoms with Gasteiger partial charge in [0.25, 0.3) is 0 Å². The lowest BCUT2D eigenvalue weighted by Gasteiger charge is -2.31. The van der Waals surface area contributed by atoms with Crippen molar-refractivity contribution in [3.05, 3.63) is 15.6 Å². The first-order valence-corrected chi connectivity index (χ1v) is 8.45. The van der Waals surface area contributed by atoms with E-state index in [2.05, 4.69) is 30.7 Å². The van der Waals surface area contributed by atoms with Crippen molar-refractivity contribution in [3.8, 4) is 0 Å². The smallest absolute Gasteiger partial charge is 0.107 e. The van der Waals surface area contributed by atoms with Gasteiger partial charge in [-0.15, -0.1) is 11.3 Å². The van der Waals surface area contributed by atoms with E-state index in [0.717, 1.165) is 32.7 Å². The second kappa shape index (κ2) is 5.37. The van der Waals surface area contributed by atoms with E-state index in [0.29, 0.717) is 5.92 Å². The van der Waals surface area contributed by atoms with Gasteiger partial charge in [0.15, 0.2) is 0 Å². The third-order valence-corrected chi connectivity index (χ3v) is 5.60. The monoisotopic (exact) mass is 294 g/mol. The number of hydrogen-bond donors (Lipinski definition) is 1. The zero-order valence-electron chi connectivity index (χ0n) is 12.9. The first-order chi connectivity index (χ1) is 9.43. The van der Waals surface area contributed by atoms with E-state index in [4.69, 9.17) is 10.7 Å². The Morgan fingerprint density at radius 2 is 1.90 bits per heavy atom. The summed E-state index contributed by atoms with van der Waals surface area (Å²) < 4.78 is 0. The molecule has 1 saturated heterocycles. The Balaban J connectivity index is 1.73. The standard InChI is InChI=1S/C15H26N4S/c1-15(2,16)14-13(11-4-5-11)17-12(20-14)10-19-8-6-18(3)7-9-19/h11H,4-10,16H2,1-3H3. The van der Waals surface area contributed by atoms with E-state index in [1.165, 1.54) is 28.4 Å². The molecule has 20 heavy (non-hydrogen) atoms. The molecule has 0 amide bonds. The molecule has 0 aromatic carbocycles. The third kappa shape index (κ3) is 3.22. The Morgan fingerprint density at radius 1 is 1.25 bits per heavy atom. The summed E-state index contributed by atoms with van der Waals surface area (Å²) in [5, 5.41) is 1.25. The highest BCUT2D eigenvalue weighted by Crippen LogP contribution is 2.45. The second-order valence-electron chi connectivity index (χ2n) is 6.90. The minimum Gasteiger partial charge on any atom is -0.321 e. The molecule has 0 spiro atoms. The summed E-state index contributed by atoms with van der Waals surface area (Å²) in [6, 6.07) is 0. The normalized spacial score (nSPS) is 22.4. The molecule has 3 rings (SSSR count). The number of nitrogens with zero attached hydrogens (tertiary/aromatic N) is 3. The van der Waals surface area contributed by atoms with Crippen LogP contribution in [0.1, 0.15) is 48.2 Å². The first kappa shape index (κ1) is 14.4. The third-order valence-electron chi connectivity index (χ3n) is 4.20. The van der Waals surface area contributed by atoms with Crippen LogP contribution in [0.4, 0.5) is 0 Å². The van der Waals surface area contributed by atoms with E-state index < -0.39 is 0 Å². The molecule has 2 N–H and O–H groups in total. The van der Waals surface area contributed by atoms with Crippen LogP contribution in [0, 0.1) is 0 Å². The van der Waals surface area contributed by atoms with Crippen LogP contribution in [-0.4, -0.2) is 48.0 Å². The fourth-order valence-electron chi connectivity index (χ4n) is 2.74. The number of likely N-dealkylation sites (N-methyl/N-ethyl adjacent to an activating group) is 1. The van der Waals surface area contributed by atoms with Crippen molar-refractivity contribution in [2.45, 2.75) is 44.7 Å². The quantitative estimate of drug-likeness (QED) is 0.922. The van der Waals surface area contributed by atoms with Gasteiger partial charge in [0, 0.05) is 42.5 Å². The van der Waals surface area contributed by atoms with Gasteiger partial charge in [0.1, 0.15) is 5.01 Å². The van der Waals surface area contributed by atoms with E-state index in [9.17, 15) is 0 Å². The molecule has 112 valence electrons. The van der Waals surface area contributed by atoms with Crippen molar-refractivity contribution < 1.29 is 0 Å². The van der Waals surface area contributed by atoms with Crippen LogP contribution in [0.15, 0.2) is 0 Å². The summed E-state index contributed by atoms with van der Waals surface area (Å²) in [5.74, 6) is 0.685. The van der Waals surface area contributed by atoms with Gasteiger partial charge in [-0.25, -0.2) is 4.98 Å². The number of nitrogens with two attached hydrogens (primary N) is 1. The van der Waals surface area contributed by atoms with Gasteiger partial charge in [-0.3, -0.25) is 4.90 Å². The maximum Gasteiger partial charge on any atom is 0.107 e. The summed E-state index contributed by atoms with van der Waals surface area (Å²) in [4.78, 5) is 11.2. The molecular formula is C15H26N4S. The molecule has 0 unspecified atom stereocenters. The van der Waals surface area contributed by atoms with Crippen LogP contribution in [-0.2, 0) is 12.1 Å².